The van der Waals surface area contributed by atoms with Crippen molar-refractivity contribution in [2.45, 2.75) is 6.54 Å². The molecule has 0 aliphatic carbocycles. The minimum Gasteiger partial charge on any atom is -0.397 e. The highest BCUT2D eigenvalue weighted by Gasteiger charge is 2.05. The van der Waals surface area contributed by atoms with Crippen molar-refractivity contribution in [1.82, 2.24) is 9.78 Å². The van der Waals surface area contributed by atoms with E-state index in [0.717, 1.165) is 11.4 Å². The number of nitrogens with zero attached hydrogens (tertiary/aromatic N) is 2. The summed E-state index contributed by atoms with van der Waals surface area (Å²) in [5, 5.41) is 7.40. The Balaban J connectivity index is 2.08. The number of primary amides is 1. The fourth-order valence-corrected chi connectivity index (χ4v) is 1.62. The van der Waals surface area contributed by atoms with Crippen molar-refractivity contribution in [3.8, 4) is 0 Å². The summed E-state index contributed by atoms with van der Waals surface area (Å²) in [5.74, 6) is -0.488. The lowest BCUT2D eigenvalue weighted by atomic mass is 10.1. The number of nitrogens with one attached hydrogen (secondary N) is 1. The fourth-order valence-electron chi connectivity index (χ4n) is 1.62. The number of aryl methyl sites for hydroxylation is 1. The van der Waals surface area contributed by atoms with Gasteiger partial charge in [0.2, 0.25) is 5.91 Å². The largest absolute Gasteiger partial charge is 0.397 e. The summed E-state index contributed by atoms with van der Waals surface area (Å²) in [5.41, 5.74) is 13.6. The third-order valence-electron chi connectivity index (χ3n) is 2.56. The summed E-state index contributed by atoms with van der Waals surface area (Å²) < 4.78 is 1.73. The van der Waals surface area contributed by atoms with E-state index >= 15 is 0 Å². The number of nitrogens with two attached hydrogens (primary N) is 2. The maximum absolute atomic E-state index is 11.0. The van der Waals surface area contributed by atoms with E-state index in [1.54, 1.807) is 22.9 Å². The molecule has 0 radical (unpaired) electrons. The number of carbonyl (C=O) groups is 1. The molecule has 0 spiro atoms. The Kier molecular flexibility index (Phi) is 3.18. The summed E-state index contributed by atoms with van der Waals surface area (Å²) in [4.78, 5) is 11.0. The van der Waals surface area contributed by atoms with Gasteiger partial charge in [-0.25, -0.2) is 0 Å². The van der Waals surface area contributed by atoms with Crippen molar-refractivity contribution in [2.75, 3.05) is 11.1 Å². The molecule has 2 aromatic rings. The summed E-state index contributed by atoms with van der Waals surface area (Å²) in [6.07, 6.45) is 1.87. The second-order valence-corrected chi connectivity index (χ2v) is 4.00. The summed E-state index contributed by atoms with van der Waals surface area (Å²) in [6, 6.07) is 6.85. The molecule has 5 N–H and O–H groups in total. The van der Waals surface area contributed by atoms with Crippen molar-refractivity contribution in [3.63, 3.8) is 0 Å². The molecule has 6 nitrogen and oxygen atoms in total. The molecule has 0 saturated carbocycles. The van der Waals surface area contributed by atoms with Gasteiger partial charge >= 0.3 is 0 Å². The monoisotopic (exact) mass is 245 g/mol. The number of aromatic nitrogens is 2. The van der Waals surface area contributed by atoms with Crippen molar-refractivity contribution >= 4 is 17.3 Å². The van der Waals surface area contributed by atoms with Crippen molar-refractivity contribution < 1.29 is 4.79 Å². The molecule has 94 valence electrons. The number of anilines is 2. The average Bonchev–Trinajstić information content (AvgIpc) is 2.73. The van der Waals surface area contributed by atoms with Crippen molar-refractivity contribution in [3.05, 3.63) is 41.7 Å². The van der Waals surface area contributed by atoms with E-state index in [1.807, 2.05) is 19.3 Å². The van der Waals surface area contributed by atoms with Gasteiger partial charge in [-0.3, -0.25) is 9.48 Å². The van der Waals surface area contributed by atoms with Gasteiger partial charge in [-0.2, -0.15) is 5.10 Å². The Bertz CT molecular complexity index is 576. The molecule has 1 aromatic carbocycles. The van der Waals surface area contributed by atoms with Gasteiger partial charge in [0, 0.05) is 18.8 Å². The molecule has 0 atom stereocenters. The number of nitrogen functional groups attached to an aromatic ring is 1. The highest BCUT2D eigenvalue weighted by atomic mass is 16.1. The minimum atomic E-state index is -0.488. The summed E-state index contributed by atoms with van der Waals surface area (Å²) in [6.45, 7) is 0.570. The average molecular weight is 245 g/mol. The molecule has 1 amide bonds. The van der Waals surface area contributed by atoms with Crippen LogP contribution in [0.15, 0.2) is 30.5 Å². The van der Waals surface area contributed by atoms with E-state index in [4.69, 9.17) is 11.5 Å². The van der Waals surface area contributed by atoms with E-state index in [0.29, 0.717) is 17.8 Å². The molecule has 6 heteroatoms. The van der Waals surface area contributed by atoms with E-state index in [9.17, 15) is 4.79 Å². The van der Waals surface area contributed by atoms with Gasteiger partial charge in [-0.05, 0) is 24.3 Å². The number of hydrogen-bond acceptors (Lipinski definition) is 4. The highest BCUT2D eigenvalue weighted by Crippen LogP contribution is 2.20. The zero-order chi connectivity index (χ0) is 13.1. The first kappa shape index (κ1) is 12.0. The van der Waals surface area contributed by atoms with Crippen LogP contribution in [0.25, 0.3) is 0 Å². The number of amides is 1. The Labute approximate surface area is 105 Å². The smallest absolute Gasteiger partial charge is 0.248 e. The maximum atomic E-state index is 11.0. The second kappa shape index (κ2) is 4.79. The predicted octanol–water partition coefficient (Wildman–Crippen LogP) is 0.713. The lowest BCUT2D eigenvalue weighted by Gasteiger charge is -2.08. The van der Waals surface area contributed by atoms with Gasteiger partial charge in [-0.15, -0.1) is 0 Å². The first-order chi connectivity index (χ1) is 8.56. The quantitative estimate of drug-likeness (QED) is 0.691. The van der Waals surface area contributed by atoms with E-state index < -0.39 is 5.91 Å². The lowest BCUT2D eigenvalue weighted by molar-refractivity contribution is 0.100. The lowest BCUT2D eigenvalue weighted by Crippen LogP contribution is -2.12. The molecule has 0 aliphatic heterocycles. The van der Waals surface area contributed by atoms with Crippen LogP contribution in [0, 0.1) is 0 Å². The molecule has 18 heavy (non-hydrogen) atoms. The van der Waals surface area contributed by atoms with E-state index in [1.165, 1.54) is 0 Å². The van der Waals surface area contributed by atoms with Crippen LogP contribution in [0.1, 0.15) is 16.1 Å². The Hall–Kier alpha value is -2.50. The molecule has 0 bridgehead atoms. The number of carbonyl (C=O) groups excluding carboxylic acids is 1. The topological polar surface area (TPSA) is 99.0 Å². The first-order valence-corrected chi connectivity index (χ1v) is 5.48. The van der Waals surface area contributed by atoms with E-state index in [2.05, 4.69) is 10.4 Å². The summed E-state index contributed by atoms with van der Waals surface area (Å²) >= 11 is 0. The van der Waals surface area contributed by atoms with Gasteiger partial charge in [-0.1, -0.05) is 0 Å². The zero-order valence-corrected chi connectivity index (χ0v) is 10.1. The third kappa shape index (κ3) is 2.60. The molecule has 0 fully saturated rings. The molecule has 0 saturated heterocycles. The normalized spacial score (nSPS) is 10.3. The third-order valence-corrected chi connectivity index (χ3v) is 2.56. The molecular weight excluding hydrogens is 230 g/mol. The van der Waals surface area contributed by atoms with Crippen LogP contribution in [0.4, 0.5) is 11.4 Å². The van der Waals surface area contributed by atoms with Gasteiger partial charge in [0.15, 0.2) is 0 Å². The van der Waals surface area contributed by atoms with Crippen molar-refractivity contribution in [1.29, 1.82) is 0 Å². The Morgan fingerprint density at radius 3 is 2.78 bits per heavy atom. The van der Waals surface area contributed by atoms with Gasteiger partial charge in [0.05, 0.1) is 23.6 Å². The van der Waals surface area contributed by atoms with Gasteiger partial charge in [0.25, 0.3) is 0 Å². The van der Waals surface area contributed by atoms with Crippen LogP contribution in [0.5, 0.6) is 0 Å². The molecular formula is C12H15N5O. The molecule has 2 rings (SSSR count). The Morgan fingerprint density at radius 1 is 1.44 bits per heavy atom. The molecule has 0 unspecified atom stereocenters. The minimum absolute atomic E-state index is 0.399. The highest BCUT2D eigenvalue weighted by molar-refractivity contribution is 5.94. The van der Waals surface area contributed by atoms with Crippen LogP contribution < -0.4 is 16.8 Å². The standard InChI is InChI=1S/C12H15N5O/c1-17-5-4-9(16-17)7-15-11-3-2-8(12(14)18)6-10(11)13/h2-6,15H,7,13H2,1H3,(H2,14,18). The first-order valence-electron chi connectivity index (χ1n) is 5.48. The van der Waals surface area contributed by atoms with Gasteiger partial charge < -0.3 is 16.8 Å². The Morgan fingerprint density at radius 2 is 2.22 bits per heavy atom. The number of benzene rings is 1. The molecule has 1 aromatic heterocycles. The van der Waals surface area contributed by atoms with Crippen molar-refractivity contribution in [2.24, 2.45) is 12.8 Å². The number of rotatable bonds is 4. The molecule has 1 heterocycles. The SMILES string of the molecule is Cn1ccc(CNc2ccc(C(N)=O)cc2N)n1. The molecule has 0 aliphatic rings. The van der Waals surface area contributed by atoms with Crippen LogP contribution in [-0.4, -0.2) is 15.7 Å². The van der Waals surface area contributed by atoms with Crippen LogP contribution in [-0.2, 0) is 13.6 Å². The van der Waals surface area contributed by atoms with Crippen LogP contribution in [0.2, 0.25) is 0 Å². The fraction of sp³-hybridized carbons (Fsp3) is 0.167. The van der Waals surface area contributed by atoms with E-state index in [-0.39, 0.29) is 0 Å². The van der Waals surface area contributed by atoms with Gasteiger partial charge in [0.1, 0.15) is 0 Å². The summed E-state index contributed by atoms with van der Waals surface area (Å²) in [7, 11) is 1.86. The predicted molar refractivity (Wildman–Crippen MR) is 69.9 cm³/mol. The van der Waals surface area contributed by atoms with Crippen LogP contribution in [0.3, 0.4) is 0 Å². The number of hydrogen-bond donors (Lipinski definition) is 3. The maximum Gasteiger partial charge on any atom is 0.248 e. The second-order valence-electron chi connectivity index (χ2n) is 4.00. The zero-order valence-electron chi connectivity index (χ0n) is 10.1. The van der Waals surface area contributed by atoms with Crippen LogP contribution >= 0.6 is 0 Å².